The highest BCUT2D eigenvalue weighted by Gasteiger charge is 2.45. The second-order valence-electron chi connectivity index (χ2n) is 20.3. The second kappa shape index (κ2) is 18.1. The molecule has 7 aliphatic rings. The third kappa shape index (κ3) is 8.06. The minimum Gasteiger partial charge on any atom is -0.381 e. The Morgan fingerprint density at radius 2 is 1.58 bits per heavy atom. The van der Waals surface area contributed by atoms with Gasteiger partial charge in [-0.25, -0.2) is 9.37 Å². The van der Waals surface area contributed by atoms with Gasteiger partial charge in [0.1, 0.15) is 17.5 Å². The lowest BCUT2D eigenvalue weighted by molar-refractivity contribution is -0.136. The number of halogens is 1. The average Bonchev–Trinajstić information content (AvgIpc) is 4.08. The largest absolute Gasteiger partial charge is 0.381 e. The number of imidazole rings is 1. The highest BCUT2D eigenvalue weighted by molar-refractivity contribution is 6.23. The number of hydrogen-bond acceptors (Lipinski definition) is 13. The maximum Gasteiger partial charge on any atom is 0.262 e. The molecular formula is C52H59FN12O6. The van der Waals surface area contributed by atoms with Crippen molar-refractivity contribution in [3.8, 4) is 11.1 Å². The number of pyridine rings is 1. The fourth-order valence-electron chi connectivity index (χ4n) is 12.1. The van der Waals surface area contributed by atoms with Crippen LogP contribution in [0.5, 0.6) is 0 Å². The molecule has 1 N–H and O–H groups in total. The van der Waals surface area contributed by atoms with Gasteiger partial charge in [-0.2, -0.15) is 5.10 Å². The molecule has 19 heteroatoms. The average molecular weight is 967 g/mol. The van der Waals surface area contributed by atoms with Gasteiger partial charge >= 0.3 is 0 Å². The summed E-state index contributed by atoms with van der Waals surface area (Å²) in [6.45, 7) is 11.4. The predicted octanol–water partition coefficient (Wildman–Crippen LogP) is 4.62. The summed E-state index contributed by atoms with van der Waals surface area (Å²) in [7, 11) is 2.06. The van der Waals surface area contributed by atoms with Gasteiger partial charge in [-0.05, 0) is 68.4 Å². The van der Waals surface area contributed by atoms with Crippen molar-refractivity contribution in [2.45, 2.75) is 70.5 Å². The van der Waals surface area contributed by atoms with E-state index in [2.05, 4.69) is 52.7 Å². The number of carbonyl (C=O) groups excluding carboxylic acids is 5. The van der Waals surface area contributed by atoms with E-state index >= 15 is 4.39 Å². The molecule has 4 fully saturated rings. The molecular weight excluding hydrogens is 908 g/mol. The first-order valence-electron chi connectivity index (χ1n) is 25.3. The smallest absolute Gasteiger partial charge is 0.262 e. The molecule has 3 aromatic heterocycles. The number of nitrogens with one attached hydrogen (secondary N) is 1. The number of benzene rings is 2. The number of amides is 5. The number of imide groups is 2. The summed E-state index contributed by atoms with van der Waals surface area (Å²) in [4.78, 5) is 82.8. The highest BCUT2D eigenvalue weighted by Crippen LogP contribution is 2.46. The van der Waals surface area contributed by atoms with Crippen molar-refractivity contribution < 1.29 is 33.1 Å². The number of rotatable bonds is 8. The van der Waals surface area contributed by atoms with E-state index in [1.54, 1.807) is 31.3 Å². The molecule has 370 valence electrons. The molecule has 0 aliphatic carbocycles. The van der Waals surface area contributed by atoms with Gasteiger partial charge in [0, 0.05) is 158 Å². The molecule has 71 heavy (non-hydrogen) atoms. The molecule has 5 amide bonds. The Morgan fingerprint density at radius 3 is 2.35 bits per heavy atom. The summed E-state index contributed by atoms with van der Waals surface area (Å²) in [5, 5.41) is 7.57. The van der Waals surface area contributed by atoms with Crippen molar-refractivity contribution in [2.75, 3.05) is 105 Å². The fraction of sp³-hybridized carbons (Fsp3) is 0.481. The van der Waals surface area contributed by atoms with Crippen LogP contribution in [-0.2, 0) is 32.1 Å². The number of ether oxygens (including phenoxy) is 1. The van der Waals surface area contributed by atoms with Crippen molar-refractivity contribution in [1.82, 2.24) is 39.2 Å². The second-order valence-corrected chi connectivity index (χ2v) is 20.3. The SMILES string of the molecule is CC(=O)N1CCc2c(c(N3CCN(C)c4cc(-c5cc6nccn6cc5N5CCN(CC6CCN(c7ccc8c(c7)C(=O)N(C7CCC(=O)NC7=O)C8=O)CC6)CC5)c(F)cc43)nn2C2CCOCC2)C1. The molecule has 18 nitrogen and oxygen atoms in total. The molecule has 0 bridgehead atoms. The zero-order valence-corrected chi connectivity index (χ0v) is 40.3. The number of piperazine rings is 1. The summed E-state index contributed by atoms with van der Waals surface area (Å²) in [6, 6.07) is 10.3. The van der Waals surface area contributed by atoms with E-state index in [4.69, 9.17) is 9.84 Å². The van der Waals surface area contributed by atoms with Crippen LogP contribution in [0.2, 0.25) is 0 Å². The molecule has 4 saturated heterocycles. The number of anilines is 5. The van der Waals surface area contributed by atoms with Crippen LogP contribution in [0.4, 0.5) is 33.0 Å². The third-order valence-corrected chi connectivity index (χ3v) is 16.2. The highest BCUT2D eigenvalue weighted by atomic mass is 19.1. The topological polar surface area (TPSA) is 164 Å². The Morgan fingerprint density at radius 1 is 0.789 bits per heavy atom. The third-order valence-electron chi connectivity index (χ3n) is 16.2. The van der Waals surface area contributed by atoms with E-state index in [1.165, 1.54) is 5.69 Å². The number of aromatic nitrogens is 4. The summed E-state index contributed by atoms with van der Waals surface area (Å²) in [5.41, 5.74) is 8.39. The van der Waals surface area contributed by atoms with Crippen LogP contribution in [0.1, 0.15) is 83.5 Å². The Kier molecular flexibility index (Phi) is 11.5. The van der Waals surface area contributed by atoms with Gasteiger partial charge in [0.15, 0.2) is 5.82 Å². The van der Waals surface area contributed by atoms with Crippen molar-refractivity contribution in [3.05, 3.63) is 83.2 Å². The standard InChI is InChI=1S/C52H59FN12O6/c1-32(66)61-15-9-42-40(30-61)49(56-65(42)34-10-23-71-24-11-34)63-22-17-57(2)44-26-37(41(53)28-45(44)63)38-27-47-54-12-16-62(47)31-46(38)60-20-18-58(19-21-60)29-33-7-13-59(14-8-33)35-3-4-36-39(25-35)52(70)64(51(36)69)43-5-6-48(67)55-50(43)68/h3-4,12,16,25-28,31,33-34,43H,5-11,13-15,17-24,29-30H2,1-2H3,(H,55,67,68). The zero-order valence-electron chi connectivity index (χ0n) is 40.3. The van der Waals surface area contributed by atoms with E-state index in [9.17, 15) is 24.0 Å². The van der Waals surface area contributed by atoms with Crippen LogP contribution in [0.15, 0.2) is 55.0 Å². The Labute approximate surface area is 410 Å². The summed E-state index contributed by atoms with van der Waals surface area (Å²) in [6.07, 6.45) is 10.5. The van der Waals surface area contributed by atoms with Gasteiger partial charge in [-0.3, -0.25) is 43.8 Å². The summed E-state index contributed by atoms with van der Waals surface area (Å²) < 4.78 is 27.1. The van der Waals surface area contributed by atoms with Crippen molar-refractivity contribution in [1.29, 1.82) is 0 Å². The van der Waals surface area contributed by atoms with Crippen LogP contribution in [0, 0.1) is 11.7 Å². The van der Waals surface area contributed by atoms with E-state index in [0.29, 0.717) is 56.4 Å². The lowest BCUT2D eigenvalue weighted by Crippen LogP contribution is -2.54. The van der Waals surface area contributed by atoms with Gasteiger partial charge in [0.25, 0.3) is 11.8 Å². The van der Waals surface area contributed by atoms with Gasteiger partial charge in [-0.15, -0.1) is 0 Å². The normalized spacial score (nSPS) is 21.6. The van der Waals surface area contributed by atoms with E-state index < -0.39 is 29.7 Å². The first-order chi connectivity index (χ1) is 34.5. The van der Waals surface area contributed by atoms with Crippen LogP contribution >= 0.6 is 0 Å². The molecule has 0 radical (unpaired) electrons. The fourth-order valence-corrected chi connectivity index (χ4v) is 12.1. The minimum absolute atomic E-state index is 0.0395. The summed E-state index contributed by atoms with van der Waals surface area (Å²) in [5.74, 6) is -0.981. The van der Waals surface area contributed by atoms with Gasteiger partial charge in [0.05, 0.1) is 40.8 Å². The molecule has 10 heterocycles. The van der Waals surface area contributed by atoms with E-state index in [-0.39, 0.29) is 36.2 Å². The lowest BCUT2D eigenvalue weighted by atomic mass is 9.95. The van der Waals surface area contributed by atoms with Crippen LogP contribution in [-0.4, -0.2) is 155 Å². The van der Waals surface area contributed by atoms with E-state index in [1.807, 2.05) is 33.7 Å². The first kappa shape index (κ1) is 45.3. The van der Waals surface area contributed by atoms with Gasteiger partial charge in [-0.1, -0.05) is 0 Å². The maximum atomic E-state index is 17.2. The number of nitrogens with zero attached hydrogens (tertiary/aromatic N) is 11. The lowest BCUT2D eigenvalue weighted by Gasteiger charge is -2.40. The van der Waals surface area contributed by atoms with Crippen molar-refractivity contribution in [2.24, 2.45) is 5.92 Å². The Hall–Kier alpha value is -6.86. The number of carbonyl (C=O) groups is 5. The first-order valence-corrected chi connectivity index (χ1v) is 25.3. The zero-order chi connectivity index (χ0) is 48.7. The van der Waals surface area contributed by atoms with Crippen LogP contribution in [0.3, 0.4) is 0 Å². The number of likely N-dealkylation sites (N-methyl/N-ethyl adjacent to an activating group) is 1. The maximum absolute atomic E-state index is 17.2. The molecule has 7 aliphatic heterocycles. The van der Waals surface area contributed by atoms with Crippen molar-refractivity contribution >= 4 is 63.8 Å². The monoisotopic (exact) mass is 966 g/mol. The number of hydrogen-bond donors (Lipinski definition) is 1. The molecule has 0 spiro atoms. The van der Waals surface area contributed by atoms with Crippen LogP contribution < -0.4 is 24.9 Å². The molecule has 5 aromatic rings. The quantitative estimate of drug-likeness (QED) is 0.215. The molecule has 2 aromatic carbocycles. The van der Waals surface area contributed by atoms with Gasteiger partial charge < -0.3 is 33.6 Å². The predicted molar refractivity (Wildman–Crippen MR) is 264 cm³/mol. The molecule has 12 rings (SSSR count). The Balaban J connectivity index is 0.740. The van der Waals surface area contributed by atoms with Crippen molar-refractivity contribution in [3.63, 3.8) is 0 Å². The molecule has 1 atom stereocenters. The number of piperidine rings is 2. The molecule has 1 unspecified atom stereocenters. The summed E-state index contributed by atoms with van der Waals surface area (Å²) >= 11 is 0. The number of fused-ring (bicyclic) bond motifs is 4. The van der Waals surface area contributed by atoms with Crippen LogP contribution in [0.25, 0.3) is 16.8 Å². The van der Waals surface area contributed by atoms with Gasteiger partial charge in [0.2, 0.25) is 17.7 Å². The Bertz CT molecular complexity index is 2980. The minimum atomic E-state index is -0.990. The van der Waals surface area contributed by atoms with E-state index in [0.717, 1.165) is 128 Å². The molecule has 0 saturated carbocycles.